The van der Waals surface area contributed by atoms with Crippen molar-refractivity contribution in [3.05, 3.63) is 59.4 Å². The zero-order valence-electron chi connectivity index (χ0n) is 15.8. The van der Waals surface area contributed by atoms with Crippen molar-refractivity contribution in [1.29, 1.82) is 0 Å². The lowest BCUT2D eigenvalue weighted by Gasteiger charge is -2.36. The lowest BCUT2D eigenvalue weighted by molar-refractivity contribution is 0.528. The second-order valence-electron chi connectivity index (χ2n) is 7.56. The Balaban J connectivity index is 1.46. The van der Waals surface area contributed by atoms with Crippen molar-refractivity contribution in [2.75, 3.05) is 28.8 Å². The SMILES string of the molecule is O=S(=O)(C1CCCN(c2ncnc3cc(Cl)ccc23)C1)N1CCc2ccccc21. The van der Waals surface area contributed by atoms with Gasteiger partial charge in [-0.1, -0.05) is 29.8 Å². The van der Waals surface area contributed by atoms with Crippen LogP contribution < -0.4 is 9.21 Å². The first-order valence-corrected chi connectivity index (χ1v) is 11.7. The molecule has 2 aliphatic heterocycles. The van der Waals surface area contributed by atoms with Crippen LogP contribution in [0.15, 0.2) is 48.8 Å². The van der Waals surface area contributed by atoms with Gasteiger partial charge in [0.25, 0.3) is 0 Å². The number of nitrogens with zero attached hydrogens (tertiary/aromatic N) is 4. The number of aromatic nitrogens is 2. The van der Waals surface area contributed by atoms with Crippen LogP contribution in [0.5, 0.6) is 0 Å². The van der Waals surface area contributed by atoms with Gasteiger partial charge in [0, 0.05) is 30.0 Å². The molecular weight excluding hydrogens is 408 g/mol. The molecule has 3 heterocycles. The van der Waals surface area contributed by atoms with Crippen molar-refractivity contribution < 1.29 is 8.42 Å². The monoisotopic (exact) mass is 428 g/mol. The van der Waals surface area contributed by atoms with Crippen molar-refractivity contribution in [3.8, 4) is 0 Å². The van der Waals surface area contributed by atoms with Crippen LogP contribution in [-0.4, -0.2) is 43.3 Å². The highest BCUT2D eigenvalue weighted by Crippen LogP contribution is 2.34. The van der Waals surface area contributed by atoms with E-state index >= 15 is 0 Å². The fourth-order valence-corrected chi connectivity index (χ4v) is 6.55. The molecule has 2 aromatic carbocycles. The lowest BCUT2D eigenvalue weighted by Crippen LogP contribution is -2.48. The van der Waals surface area contributed by atoms with Crippen molar-refractivity contribution in [2.45, 2.75) is 24.5 Å². The maximum Gasteiger partial charge on any atom is 0.239 e. The van der Waals surface area contributed by atoms with E-state index in [9.17, 15) is 8.42 Å². The third-order valence-corrected chi connectivity index (χ3v) is 8.28. The number of benzene rings is 2. The van der Waals surface area contributed by atoms with Gasteiger partial charge in [-0.25, -0.2) is 18.4 Å². The minimum Gasteiger partial charge on any atom is -0.355 e. The molecule has 29 heavy (non-hydrogen) atoms. The predicted octanol–water partition coefficient (Wildman–Crippen LogP) is 3.64. The molecule has 0 amide bonds. The quantitative estimate of drug-likeness (QED) is 0.637. The summed E-state index contributed by atoms with van der Waals surface area (Å²) in [6.07, 6.45) is 3.75. The summed E-state index contributed by atoms with van der Waals surface area (Å²) in [5, 5.41) is 1.05. The molecule has 1 atom stereocenters. The second kappa shape index (κ2) is 7.15. The van der Waals surface area contributed by atoms with E-state index in [-0.39, 0.29) is 0 Å². The van der Waals surface area contributed by atoms with Crippen molar-refractivity contribution >= 4 is 44.0 Å². The third kappa shape index (κ3) is 3.22. The molecule has 6 nitrogen and oxygen atoms in total. The highest BCUT2D eigenvalue weighted by atomic mass is 35.5. The van der Waals surface area contributed by atoms with Gasteiger partial charge in [-0.3, -0.25) is 4.31 Å². The van der Waals surface area contributed by atoms with Gasteiger partial charge < -0.3 is 4.90 Å². The Labute approximate surface area is 175 Å². The summed E-state index contributed by atoms with van der Waals surface area (Å²) in [5.74, 6) is 0.772. The van der Waals surface area contributed by atoms with Gasteiger partial charge >= 0.3 is 0 Å². The van der Waals surface area contributed by atoms with Crippen molar-refractivity contribution in [2.24, 2.45) is 0 Å². The smallest absolute Gasteiger partial charge is 0.239 e. The molecule has 0 N–H and O–H groups in total. The van der Waals surface area contributed by atoms with Crippen LogP contribution in [0.25, 0.3) is 10.9 Å². The maximum atomic E-state index is 13.5. The molecule has 0 radical (unpaired) electrons. The maximum absolute atomic E-state index is 13.5. The largest absolute Gasteiger partial charge is 0.355 e. The second-order valence-corrected chi connectivity index (χ2v) is 10.1. The van der Waals surface area contributed by atoms with E-state index in [0.29, 0.717) is 24.5 Å². The van der Waals surface area contributed by atoms with E-state index in [1.165, 1.54) is 6.33 Å². The van der Waals surface area contributed by atoms with Crippen molar-refractivity contribution in [3.63, 3.8) is 0 Å². The Hall–Kier alpha value is -2.38. The standard InChI is InChI=1S/C21H21ClN4O2S/c22-16-7-8-18-19(12-16)23-14-24-21(18)25-10-3-5-17(13-25)29(27,28)26-11-9-15-4-1-2-6-20(15)26/h1-2,4,6-8,12,14,17H,3,5,9-11,13H2. The predicted molar refractivity (Wildman–Crippen MR) is 116 cm³/mol. The van der Waals surface area contributed by atoms with Crippen LogP contribution in [0.1, 0.15) is 18.4 Å². The van der Waals surface area contributed by atoms with E-state index in [1.807, 2.05) is 36.4 Å². The molecule has 1 saturated heterocycles. The van der Waals surface area contributed by atoms with Gasteiger partial charge in [0.1, 0.15) is 12.1 Å². The molecule has 0 saturated carbocycles. The molecule has 1 fully saturated rings. The van der Waals surface area contributed by atoms with E-state index in [2.05, 4.69) is 14.9 Å². The number of sulfonamides is 1. The summed E-state index contributed by atoms with van der Waals surface area (Å²) in [7, 11) is -3.45. The average Bonchev–Trinajstić information content (AvgIpc) is 3.18. The highest BCUT2D eigenvalue weighted by molar-refractivity contribution is 7.93. The first kappa shape index (κ1) is 18.6. The van der Waals surface area contributed by atoms with Gasteiger partial charge in [0.2, 0.25) is 10.0 Å². The molecule has 3 aromatic rings. The first-order chi connectivity index (χ1) is 14.0. The van der Waals surface area contributed by atoms with Crippen LogP contribution in [-0.2, 0) is 16.4 Å². The summed E-state index contributed by atoms with van der Waals surface area (Å²) in [4.78, 5) is 10.9. The number of halogens is 1. The Kier molecular flexibility index (Phi) is 4.59. The number of rotatable bonds is 3. The number of para-hydroxylation sites is 1. The van der Waals surface area contributed by atoms with Gasteiger partial charge in [-0.05, 0) is 49.1 Å². The average molecular weight is 429 g/mol. The molecule has 0 bridgehead atoms. The van der Waals surface area contributed by atoms with E-state index in [4.69, 9.17) is 11.6 Å². The molecule has 8 heteroatoms. The fraction of sp³-hybridized carbons (Fsp3) is 0.333. The molecular formula is C21H21ClN4O2S. The van der Waals surface area contributed by atoms with E-state index < -0.39 is 15.3 Å². The Morgan fingerprint density at radius 3 is 2.83 bits per heavy atom. The molecule has 1 unspecified atom stereocenters. The summed E-state index contributed by atoms with van der Waals surface area (Å²) < 4.78 is 28.6. The molecule has 2 aliphatic rings. The molecule has 0 aliphatic carbocycles. The highest BCUT2D eigenvalue weighted by Gasteiger charge is 2.38. The van der Waals surface area contributed by atoms with E-state index in [1.54, 1.807) is 10.4 Å². The Morgan fingerprint density at radius 1 is 1.07 bits per heavy atom. The summed E-state index contributed by atoms with van der Waals surface area (Å²) in [6.45, 7) is 1.72. The van der Waals surface area contributed by atoms with Gasteiger partial charge in [0.05, 0.1) is 16.5 Å². The van der Waals surface area contributed by atoms with Crippen LogP contribution in [0.2, 0.25) is 5.02 Å². The number of anilines is 2. The zero-order valence-corrected chi connectivity index (χ0v) is 17.4. The first-order valence-electron chi connectivity index (χ1n) is 9.79. The molecule has 0 spiro atoms. The van der Waals surface area contributed by atoms with Crippen molar-refractivity contribution in [1.82, 2.24) is 9.97 Å². The topological polar surface area (TPSA) is 66.4 Å². The van der Waals surface area contributed by atoms with Crippen LogP contribution in [0.3, 0.4) is 0 Å². The third-order valence-electron chi connectivity index (χ3n) is 5.83. The molecule has 5 rings (SSSR count). The van der Waals surface area contributed by atoms with Gasteiger partial charge in [-0.15, -0.1) is 0 Å². The molecule has 1 aromatic heterocycles. The number of hydrogen-bond acceptors (Lipinski definition) is 5. The lowest BCUT2D eigenvalue weighted by atomic mass is 10.1. The Bertz CT molecular complexity index is 1180. The summed E-state index contributed by atoms with van der Waals surface area (Å²) >= 11 is 6.09. The van der Waals surface area contributed by atoms with Crippen LogP contribution in [0, 0.1) is 0 Å². The van der Waals surface area contributed by atoms with Gasteiger partial charge in [-0.2, -0.15) is 0 Å². The Morgan fingerprint density at radius 2 is 1.93 bits per heavy atom. The summed E-state index contributed by atoms with van der Waals surface area (Å²) in [6, 6.07) is 13.3. The summed E-state index contributed by atoms with van der Waals surface area (Å²) in [5.41, 5.74) is 2.69. The number of hydrogen-bond donors (Lipinski definition) is 0. The number of fused-ring (bicyclic) bond motifs is 2. The normalized spacial score (nSPS) is 19.6. The van der Waals surface area contributed by atoms with E-state index in [0.717, 1.165) is 47.4 Å². The van der Waals surface area contributed by atoms with Crippen LogP contribution >= 0.6 is 11.6 Å². The zero-order chi connectivity index (χ0) is 20.0. The van der Waals surface area contributed by atoms with Crippen LogP contribution in [0.4, 0.5) is 11.5 Å². The number of piperidine rings is 1. The molecule has 150 valence electrons. The van der Waals surface area contributed by atoms with Gasteiger partial charge in [0.15, 0.2) is 0 Å². The minimum atomic E-state index is -3.45. The minimum absolute atomic E-state index is 0.426. The fourth-order valence-electron chi connectivity index (χ4n) is 4.39.